The van der Waals surface area contributed by atoms with Crippen LogP contribution < -0.4 is 5.32 Å². The van der Waals surface area contributed by atoms with Crippen molar-refractivity contribution >= 4 is 12.0 Å². The molecule has 2 N–H and O–H groups in total. The van der Waals surface area contributed by atoms with Crippen LogP contribution in [0.15, 0.2) is 0 Å². The smallest absolute Gasteiger partial charge is 0.317 e. The van der Waals surface area contributed by atoms with E-state index in [1.165, 1.54) is 0 Å². The van der Waals surface area contributed by atoms with Gasteiger partial charge in [-0.25, -0.2) is 4.79 Å². The molecular formula is C18H34N4O3. The average molecular weight is 354 g/mol. The van der Waals surface area contributed by atoms with Crippen LogP contribution in [0.3, 0.4) is 0 Å². The van der Waals surface area contributed by atoms with Crippen molar-refractivity contribution < 1.29 is 14.7 Å². The normalized spacial score (nSPS) is 26.1. The number of carboxylic acids is 1. The molecule has 0 bridgehead atoms. The summed E-state index contributed by atoms with van der Waals surface area (Å²) in [5, 5.41) is 12.1. The van der Waals surface area contributed by atoms with E-state index in [1.807, 2.05) is 16.7 Å². The second-order valence-electron chi connectivity index (χ2n) is 7.59. The molecule has 1 aliphatic heterocycles. The molecule has 2 amide bonds. The number of hydrogen-bond donors (Lipinski definition) is 2. The van der Waals surface area contributed by atoms with Crippen LogP contribution in [0.2, 0.25) is 0 Å². The van der Waals surface area contributed by atoms with E-state index in [0.29, 0.717) is 5.92 Å². The number of amides is 2. The standard InChI is InChI=1S/C18H34N4O3/c1-4-7-20(3)11-14-6-8-22(12-14)18(25)19-15-9-16(10-15)21(5-2)13-17(23)24/h14-16H,4-13H2,1-3H3,(H,19,25)(H,23,24). The molecule has 7 heteroatoms. The number of rotatable bonds is 9. The van der Waals surface area contributed by atoms with Gasteiger partial charge in [-0.2, -0.15) is 0 Å². The van der Waals surface area contributed by atoms with Crippen LogP contribution in [0, 0.1) is 5.92 Å². The van der Waals surface area contributed by atoms with Gasteiger partial charge in [-0.1, -0.05) is 13.8 Å². The predicted octanol–water partition coefficient (Wildman–Crippen LogP) is 1.30. The molecule has 1 aliphatic carbocycles. The van der Waals surface area contributed by atoms with Gasteiger partial charge >= 0.3 is 12.0 Å². The lowest BCUT2D eigenvalue weighted by Gasteiger charge is -2.42. The summed E-state index contributed by atoms with van der Waals surface area (Å²) in [7, 11) is 2.15. The number of likely N-dealkylation sites (tertiary alicyclic amines) is 1. The zero-order valence-electron chi connectivity index (χ0n) is 15.9. The first-order valence-electron chi connectivity index (χ1n) is 9.62. The fourth-order valence-electron chi connectivity index (χ4n) is 4.02. The third-order valence-electron chi connectivity index (χ3n) is 5.45. The van der Waals surface area contributed by atoms with E-state index in [-0.39, 0.29) is 24.7 Å². The molecule has 7 nitrogen and oxygen atoms in total. The van der Waals surface area contributed by atoms with E-state index in [4.69, 9.17) is 5.11 Å². The van der Waals surface area contributed by atoms with Crippen LogP contribution in [-0.4, -0.2) is 90.2 Å². The van der Waals surface area contributed by atoms with Gasteiger partial charge in [-0.05, 0) is 51.7 Å². The van der Waals surface area contributed by atoms with Gasteiger partial charge in [-0.3, -0.25) is 9.69 Å². The molecule has 0 aromatic carbocycles. The molecule has 0 aromatic heterocycles. The molecule has 1 unspecified atom stereocenters. The number of nitrogens with one attached hydrogen (secondary N) is 1. The van der Waals surface area contributed by atoms with Crippen LogP contribution in [0.4, 0.5) is 4.79 Å². The fraction of sp³-hybridized carbons (Fsp3) is 0.889. The van der Waals surface area contributed by atoms with Crippen LogP contribution in [0.25, 0.3) is 0 Å². The minimum absolute atomic E-state index is 0.0466. The quantitative estimate of drug-likeness (QED) is 0.653. The number of nitrogens with zero attached hydrogens (tertiary/aromatic N) is 3. The third kappa shape index (κ3) is 5.85. The fourth-order valence-corrected chi connectivity index (χ4v) is 4.02. The van der Waals surface area contributed by atoms with Crippen molar-refractivity contribution in [2.24, 2.45) is 5.92 Å². The van der Waals surface area contributed by atoms with Crippen molar-refractivity contribution in [2.75, 3.05) is 46.3 Å². The summed E-state index contributed by atoms with van der Waals surface area (Å²) in [5.74, 6) is -0.215. The summed E-state index contributed by atoms with van der Waals surface area (Å²) in [5.41, 5.74) is 0. The van der Waals surface area contributed by atoms with Gasteiger partial charge in [0, 0.05) is 31.7 Å². The number of aliphatic carboxylic acids is 1. The summed E-state index contributed by atoms with van der Waals surface area (Å²) in [6.45, 7) is 8.84. The molecule has 0 radical (unpaired) electrons. The highest BCUT2D eigenvalue weighted by atomic mass is 16.4. The Morgan fingerprint density at radius 1 is 1.28 bits per heavy atom. The van der Waals surface area contributed by atoms with E-state index in [9.17, 15) is 9.59 Å². The molecule has 2 rings (SSSR count). The molecule has 1 saturated carbocycles. The molecule has 1 heterocycles. The molecule has 0 aromatic rings. The minimum Gasteiger partial charge on any atom is -0.480 e. The van der Waals surface area contributed by atoms with Crippen molar-refractivity contribution in [2.45, 2.75) is 51.6 Å². The van der Waals surface area contributed by atoms with Gasteiger partial charge in [0.1, 0.15) is 0 Å². The van der Waals surface area contributed by atoms with Crippen LogP contribution in [0.1, 0.15) is 39.5 Å². The third-order valence-corrected chi connectivity index (χ3v) is 5.45. The lowest BCUT2D eigenvalue weighted by atomic mass is 9.85. The minimum atomic E-state index is -0.787. The molecule has 144 valence electrons. The van der Waals surface area contributed by atoms with Gasteiger partial charge in [0.2, 0.25) is 0 Å². The van der Waals surface area contributed by atoms with Gasteiger partial charge in [0.05, 0.1) is 6.54 Å². The molecule has 1 atom stereocenters. The number of hydrogen-bond acceptors (Lipinski definition) is 4. The van der Waals surface area contributed by atoms with Crippen LogP contribution in [-0.2, 0) is 4.79 Å². The van der Waals surface area contributed by atoms with Gasteiger partial charge < -0.3 is 20.2 Å². The van der Waals surface area contributed by atoms with Crippen molar-refractivity contribution in [3.8, 4) is 0 Å². The van der Waals surface area contributed by atoms with Crippen molar-refractivity contribution in [1.29, 1.82) is 0 Å². The summed E-state index contributed by atoms with van der Waals surface area (Å²) in [4.78, 5) is 29.6. The maximum absolute atomic E-state index is 12.4. The van der Waals surface area contributed by atoms with E-state index in [0.717, 1.165) is 58.4 Å². The Balaban J connectivity index is 1.67. The van der Waals surface area contributed by atoms with Gasteiger partial charge in [-0.15, -0.1) is 0 Å². The number of carbonyl (C=O) groups excluding carboxylic acids is 1. The van der Waals surface area contributed by atoms with Crippen molar-refractivity contribution in [3.05, 3.63) is 0 Å². The number of carbonyl (C=O) groups is 2. The van der Waals surface area contributed by atoms with Crippen LogP contribution in [0.5, 0.6) is 0 Å². The topological polar surface area (TPSA) is 76.1 Å². The second-order valence-corrected chi connectivity index (χ2v) is 7.59. The van der Waals surface area contributed by atoms with Crippen molar-refractivity contribution in [3.63, 3.8) is 0 Å². The monoisotopic (exact) mass is 354 g/mol. The molecule has 0 spiro atoms. The maximum Gasteiger partial charge on any atom is 0.317 e. The number of urea groups is 1. The Morgan fingerprint density at radius 3 is 2.60 bits per heavy atom. The van der Waals surface area contributed by atoms with Gasteiger partial charge in [0.15, 0.2) is 0 Å². The predicted molar refractivity (Wildman–Crippen MR) is 97.7 cm³/mol. The first-order valence-corrected chi connectivity index (χ1v) is 9.62. The Kier molecular flexibility index (Phi) is 7.50. The van der Waals surface area contributed by atoms with E-state index >= 15 is 0 Å². The summed E-state index contributed by atoms with van der Waals surface area (Å²) in [6, 6.07) is 0.507. The van der Waals surface area contributed by atoms with Crippen LogP contribution >= 0.6 is 0 Å². The molecule has 25 heavy (non-hydrogen) atoms. The van der Waals surface area contributed by atoms with E-state index < -0.39 is 5.97 Å². The van der Waals surface area contributed by atoms with Crippen molar-refractivity contribution in [1.82, 2.24) is 20.0 Å². The largest absolute Gasteiger partial charge is 0.480 e. The highest BCUT2D eigenvalue weighted by molar-refractivity contribution is 5.75. The Labute approximate surface area is 151 Å². The molecular weight excluding hydrogens is 320 g/mol. The number of carboxylic acid groups (broad SMARTS) is 1. The molecule has 1 saturated heterocycles. The Hall–Kier alpha value is -1.34. The first-order chi connectivity index (χ1) is 11.9. The van der Waals surface area contributed by atoms with E-state index in [2.05, 4.69) is 24.2 Å². The summed E-state index contributed by atoms with van der Waals surface area (Å²) in [6.07, 6.45) is 3.94. The Bertz CT molecular complexity index is 454. The zero-order chi connectivity index (χ0) is 18.4. The lowest BCUT2D eigenvalue weighted by Crippen LogP contribution is -2.56. The molecule has 2 fully saturated rings. The number of likely N-dealkylation sites (N-methyl/N-ethyl adjacent to an activating group) is 1. The highest BCUT2D eigenvalue weighted by Crippen LogP contribution is 2.26. The molecule has 2 aliphatic rings. The zero-order valence-corrected chi connectivity index (χ0v) is 15.9. The van der Waals surface area contributed by atoms with E-state index in [1.54, 1.807) is 0 Å². The second kappa shape index (κ2) is 9.38. The average Bonchev–Trinajstić information content (AvgIpc) is 2.96. The first kappa shape index (κ1) is 20.0. The summed E-state index contributed by atoms with van der Waals surface area (Å²) >= 11 is 0. The summed E-state index contributed by atoms with van der Waals surface area (Å²) < 4.78 is 0. The highest BCUT2D eigenvalue weighted by Gasteiger charge is 2.36. The lowest BCUT2D eigenvalue weighted by molar-refractivity contribution is -0.139. The maximum atomic E-state index is 12.4. The SMILES string of the molecule is CCCN(C)CC1CCN(C(=O)NC2CC(N(CC)CC(=O)O)C2)C1. The Morgan fingerprint density at radius 2 is 2.00 bits per heavy atom. The van der Waals surface area contributed by atoms with Gasteiger partial charge in [0.25, 0.3) is 0 Å².